The van der Waals surface area contributed by atoms with Gasteiger partial charge in [0.15, 0.2) is 0 Å². The Kier molecular flexibility index (Phi) is 2.19. The predicted octanol–water partition coefficient (Wildman–Crippen LogP) is 4.33. The van der Waals surface area contributed by atoms with Crippen molar-refractivity contribution in [3.05, 3.63) is 39.9 Å². The van der Waals surface area contributed by atoms with Crippen LogP contribution in [0.15, 0.2) is 23.8 Å². The van der Waals surface area contributed by atoms with Gasteiger partial charge < -0.3 is 0 Å². The summed E-state index contributed by atoms with van der Waals surface area (Å²) in [7, 11) is 0. The Labute approximate surface area is 90.6 Å². The highest BCUT2D eigenvalue weighted by Crippen LogP contribution is 2.38. The van der Waals surface area contributed by atoms with Crippen molar-refractivity contribution in [2.75, 3.05) is 0 Å². The van der Waals surface area contributed by atoms with Crippen LogP contribution >= 0.6 is 11.6 Å². The van der Waals surface area contributed by atoms with Gasteiger partial charge in [0.1, 0.15) is 0 Å². The molecule has 1 aromatic carbocycles. The highest BCUT2D eigenvalue weighted by molar-refractivity contribution is 6.31. The number of hydrogen-bond acceptors (Lipinski definition) is 0. The molecule has 1 aromatic rings. The van der Waals surface area contributed by atoms with Crippen molar-refractivity contribution < 1.29 is 0 Å². The first-order valence-corrected chi connectivity index (χ1v) is 5.35. The van der Waals surface area contributed by atoms with Crippen molar-refractivity contribution in [3.63, 3.8) is 0 Å². The fourth-order valence-electron chi connectivity index (χ4n) is 1.81. The summed E-state index contributed by atoms with van der Waals surface area (Å²) in [4.78, 5) is 0. The van der Waals surface area contributed by atoms with Crippen LogP contribution in [-0.2, 0) is 6.42 Å². The van der Waals surface area contributed by atoms with E-state index in [1.54, 1.807) is 0 Å². The lowest BCUT2D eigenvalue weighted by Gasteiger charge is -2.20. The first-order valence-electron chi connectivity index (χ1n) is 4.97. The molecule has 0 atom stereocenters. The maximum atomic E-state index is 6.15. The van der Waals surface area contributed by atoms with Crippen LogP contribution in [0.4, 0.5) is 0 Å². The summed E-state index contributed by atoms with van der Waals surface area (Å²) < 4.78 is 0. The molecule has 1 aliphatic carbocycles. The van der Waals surface area contributed by atoms with Gasteiger partial charge in [-0.25, -0.2) is 0 Å². The summed E-state index contributed by atoms with van der Waals surface area (Å²) >= 11 is 6.15. The van der Waals surface area contributed by atoms with Crippen LogP contribution in [0.5, 0.6) is 0 Å². The molecule has 0 aliphatic heterocycles. The van der Waals surface area contributed by atoms with E-state index >= 15 is 0 Å². The van der Waals surface area contributed by atoms with Crippen molar-refractivity contribution >= 4 is 17.7 Å². The summed E-state index contributed by atoms with van der Waals surface area (Å²) in [6, 6.07) is 6.13. The minimum absolute atomic E-state index is 0.252. The number of rotatable bonds is 0. The summed E-state index contributed by atoms with van der Waals surface area (Å²) in [6.45, 7) is 6.75. The topological polar surface area (TPSA) is 0 Å². The van der Waals surface area contributed by atoms with Gasteiger partial charge in [-0.1, -0.05) is 56.2 Å². The SMILES string of the molecule is CC(C)(C)C1=Cc2cccc(Cl)c2C1. The van der Waals surface area contributed by atoms with E-state index in [9.17, 15) is 0 Å². The van der Waals surface area contributed by atoms with E-state index in [4.69, 9.17) is 11.6 Å². The van der Waals surface area contributed by atoms with Gasteiger partial charge >= 0.3 is 0 Å². The fourth-order valence-corrected chi connectivity index (χ4v) is 2.06. The Morgan fingerprint density at radius 2 is 1.93 bits per heavy atom. The molecule has 0 spiro atoms. The Morgan fingerprint density at radius 1 is 1.21 bits per heavy atom. The van der Waals surface area contributed by atoms with E-state index in [1.807, 2.05) is 12.1 Å². The lowest BCUT2D eigenvalue weighted by molar-refractivity contribution is 0.498. The molecule has 0 nitrogen and oxygen atoms in total. The van der Waals surface area contributed by atoms with Crippen LogP contribution in [0.2, 0.25) is 5.02 Å². The maximum absolute atomic E-state index is 6.15. The Bertz CT molecular complexity index is 394. The van der Waals surface area contributed by atoms with Gasteiger partial charge in [0.05, 0.1) is 0 Å². The van der Waals surface area contributed by atoms with Crippen molar-refractivity contribution in [1.82, 2.24) is 0 Å². The molecule has 0 fully saturated rings. The molecule has 1 heteroatoms. The summed E-state index contributed by atoms with van der Waals surface area (Å²) in [6.07, 6.45) is 3.29. The molecule has 14 heavy (non-hydrogen) atoms. The number of halogens is 1. The molecular formula is C13H15Cl. The van der Waals surface area contributed by atoms with Crippen LogP contribution in [0.1, 0.15) is 31.9 Å². The third-order valence-corrected chi connectivity index (χ3v) is 3.17. The fraction of sp³-hybridized carbons (Fsp3) is 0.385. The molecule has 0 saturated heterocycles. The van der Waals surface area contributed by atoms with E-state index < -0.39 is 0 Å². The highest BCUT2D eigenvalue weighted by Gasteiger charge is 2.23. The average Bonchev–Trinajstić information content (AvgIpc) is 2.48. The zero-order valence-electron chi connectivity index (χ0n) is 8.89. The molecule has 0 radical (unpaired) electrons. The number of fused-ring (bicyclic) bond motifs is 1. The van der Waals surface area contributed by atoms with E-state index in [1.165, 1.54) is 16.7 Å². The van der Waals surface area contributed by atoms with Crippen LogP contribution in [0.3, 0.4) is 0 Å². The van der Waals surface area contributed by atoms with Crippen LogP contribution < -0.4 is 0 Å². The number of benzene rings is 1. The van der Waals surface area contributed by atoms with E-state index in [0.717, 1.165) is 11.4 Å². The molecule has 1 aliphatic rings. The average molecular weight is 207 g/mol. The largest absolute Gasteiger partial charge is 0.0840 e. The zero-order chi connectivity index (χ0) is 10.3. The first kappa shape index (κ1) is 9.79. The summed E-state index contributed by atoms with van der Waals surface area (Å²) in [5.41, 5.74) is 4.31. The van der Waals surface area contributed by atoms with Crippen LogP contribution in [0.25, 0.3) is 6.08 Å². The van der Waals surface area contributed by atoms with E-state index in [2.05, 4.69) is 32.9 Å². The number of hydrogen-bond donors (Lipinski definition) is 0. The minimum Gasteiger partial charge on any atom is -0.0840 e. The second-order valence-electron chi connectivity index (χ2n) is 4.90. The molecule has 0 saturated carbocycles. The third-order valence-electron chi connectivity index (χ3n) is 2.82. The lowest BCUT2D eigenvalue weighted by Crippen LogP contribution is -2.08. The molecule has 0 N–H and O–H groups in total. The quantitative estimate of drug-likeness (QED) is 0.593. The third kappa shape index (κ3) is 1.59. The standard InChI is InChI=1S/C13H15Cl/c1-13(2,3)10-7-9-5-4-6-12(14)11(9)8-10/h4-7H,8H2,1-3H3. The molecular weight excluding hydrogens is 192 g/mol. The molecule has 0 aromatic heterocycles. The minimum atomic E-state index is 0.252. The second-order valence-corrected chi connectivity index (χ2v) is 5.31. The van der Waals surface area contributed by atoms with Crippen molar-refractivity contribution in [2.24, 2.45) is 5.41 Å². The molecule has 74 valence electrons. The van der Waals surface area contributed by atoms with Gasteiger partial charge in [-0.3, -0.25) is 0 Å². The zero-order valence-corrected chi connectivity index (χ0v) is 9.65. The number of allylic oxidation sites excluding steroid dienone is 1. The predicted molar refractivity (Wildman–Crippen MR) is 62.6 cm³/mol. The van der Waals surface area contributed by atoms with Gasteiger partial charge in [-0.2, -0.15) is 0 Å². The smallest absolute Gasteiger partial charge is 0.0447 e. The monoisotopic (exact) mass is 206 g/mol. The Hall–Kier alpha value is -0.750. The Balaban J connectivity index is 2.42. The molecule has 0 bridgehead atoms. The van der Waals surface area contributed by atoms with Crippen molar-refractivity contribution in [3.8, 4) is 0 Å². The first-order chi connectivity index (χ1) is 6.48. The lowest BCUT2D eigenvalue weighted by atomic mass is 9.85. The van der Waals surface area contributed by atoms with Crippen molar-refractivity contribution in [1.29, 1.82) is 0 Å². The van der Waals surface area contributed by atoms with E-state index in [0.29, 0.717) is 0 Å². The normalized spacial score (nSPS) is 15.3. The summed E-state index contributed by atoms with van der Waals surface area (Å²) in [5, 5.41) is 0.901. The van der Waals surface area contributed by atoms with Crippen LogP contribution in [0, 0.1) is 5.41 Å². The molecule has 0 amide bonds. The molecule has 2 rings (SSSR count). The van der Waals surface area contributed by atoms with Gasteiger partial charge in [0, 0.05) is 5.02 Å². The van der Waals surface area contributed by atoms with Crippen molar-refractivity contribution in [2.45, 2.75) is 27.2 Å². The molecule has 0 unspecified atom stereocenters. The van der Waals surface area contributed by atoms with Gasteiger partial charge in [0.25, 0.3) is 0 Å². The van der Waals surface area contributed by atoms with Gasteiger partial charge in [0.2, 0.25) is 0 Å². The maximum Gasteiger partial charge on any atom is 0.0447 e. The molecule has 0 heterocycles. The highest BCUT2D eigenvalue weighted by atomic mass is 35.5. The Morgan fingerprint density at radius 3 is 2.50 bits per heavy atom. The second kappa shape index (κ2) is 3.13. The van der Waals surface area contributed by atoms with Gasteiger partial charge in [-0.05, 0) is 29.0 Å². The summed E-state index contributed by atoms with van der Waals surface area (Å²) in [5.74, 6) is 0. The van der Waals surface area contributed by atoms with Crippen LogP contribution in [-0.4, -0.2) is 0 Å². The van der Waals surface area contributed by atoms with Gasteiger partial charge in [-0.15, -0.1) is 0 Å². The van der Waals surface area contributed by atoms with E-state index in [-0.39, 0.29) is 5.41 Å².